The van der Waals surface area contributed by atoms with Crippen molar-refractivity contribution in [1.29, 1.82) is 0 Å². The first-order valence-corrected chi connectivity index (χ1v) is 7.46. The number of rotatable bonds is 5. The fourth-order valence-electron chi connectivity index (χ4n) is 2.67. The van der Waals surface area contributed by atoms with E-state index in [2.05, 4.69) is 0 Å². The molecule has 0 spiro atoms. The van der Waals surface area contributed by atoms with E-state index in [1.54, 1.807) is 24.1 Å². The molecule has 1 amide bonds. The zero-order valence-corrected chi connectivity index (χ0v) is 12.9. The Morgan fingerprint density at radius 3 is 2.43 bits per heavy atom. The number of carbonyl (C=O) groups excluding carboxylic acids is 1. The van der Waals surface area contributed by atoms with Crippen LogP contribution in [-0.2, 0) is 17.7 Å². The molecule has 5 heteroatoms. The third-order valence-corrected chi connectivity index (χ3v) is 3.97. The van der Waals surface area contributed by atoms with Crippen molar-refractivity contribution in [2.24, 2.45) is 0 Å². The number of carbonyl (C=O) groups is 1. The number of cyclic esters (lactones) is 1. The van der Waals surface area contributed by atoms with Crippen LogP contribution in [0.5, 0.6) is 5.75 Å². The molecular weight excluding hydrogens is 297 g/mol. The monoisotopic (exact) mass is 315 g/mol. The van der Waals surface area contributed by atoms with Gasteiger partial charge in [-0.2, -0.15) is 0 Å². The van der Waals surface area contributed by atoms with Gasteiger partial charge in [0.05, 0.1) is 13.2 Å². The van der Waals surface area contributed by atoms with Gasteiger partial charge in [0, 0.05) is 6.54 Å². The highest BCUT2D eigenvalue weighted by atomic mass is 19.1. The fourth-order valence-corrected chi connectivity index (χ4v) is 2.67. The Bertz CT molecular complexity index is 670. The number of hydrogen-bond donors (Lipinski definition) is 0. The molecule has 0 bridgehead atoms. The van der Waals surface area contributed by atoms with Crippen LogP contribution in [0.25, 0.3) is 0 Å². The lowest BCUT2D eigenvalue weighted by Gasteiger charge is -2.21. The number of amides is 1. The molecule has 0 radical (unpaired) electrons. The van der Waals surface area contributed by atoms with Crippen molar-refractivity contribution >= 4 is 6.09 Å². The predicted octanol–water partition coefficient (Wildman–Crippen LogP) is 3.40. The molecule has 1 atom stereocenters. The van der Waals surface area contributed by atoms with E-state index in [9.17, 15) is 9.18 Å². The summed E-state index contributed by atoms with van der Waals surface area (Å²) in [5.41, 5.74) is 1.99. The van der Waals surface area contributed by atoms with E-state index in [0.717, 1.165) is 16.9 Å². The number of nitrogens with zero attached hydrogens (tertiary/aromatic N) is 1. The lowest BCUT2D eigenvalue weighted by Crippen LogP contribution is -2.34. The summed E-state index contributed by atoms with van der Waals surface area (Å²) in [5.74, 6) is 0.517. The highest BCUT2D eigenvalue weighted by molar-refractivity contribution is 5.70. The predicted molar refractivity (Wildman–Crippen MR) is 83.8 cm³/mol. The van der Waals surface area contributed by atoms with Crippen molar-refractivity contribution in [3.05, 3.63) is 65.5 Å². The zero-order valence-electron chi connectivity index (χ0n) is 12.9. The molecule has 0 aromatic heterocycles. The Morgan fingerprint density at radius 1 is 1.13 bits per heavy atom. The van der Waals surface area contributed by atoms with Crippen LogP contribution in [0.2, 0.25) is 0 Å². The van der Waals surface area contributed by atoms with E-state index in [-0.39, 0.29) is 18.0 Å². The first kappa shape index (κ1) is 15.3. The standard InChI is InChI=1S/C18H18FNO3/c1-22-17-8-4-13(5-9-17)10-16-12-23-18(21)20(16)11-14-2-6-15(19)7-3-14/h2-9,16H,10-12H2,1H3. The molecule has 3 rings (SSSR count). The summed E-state index contributed by atoms with van der Waals surface area (Å²) in [5, 5.41) is 0. The van der Waals surface area contributed by atoms with E-state index >= 15 is 0 Å². The SMILES string of the molecule is COc1ccc(CC2COC(=O)N2Cc2ccc(F)cc2)cc1. The third-order valence-electron chi connectivity index (χ3n) is 3.97. The minimum Gasteiger partial charge on any atom is -0.497 e. The fraction of sp³-hybridized carbons (Fsp3) is 0.278. The first-order chi connectivity index (χ1) is 11.2. The second kappa shape index (κ2) is 6.69. The van der Waals surface area contributed by atoms with Crippen LogP contribution in [0.3, 0.4) is 0 Å². The van der Waals surface area contributed by atoms with Crippen molar-refractivity contribution in [3.8, 4) is 5.75 Å². The van der Waals surface area contributed by atoms with Crippen molar-refractivity contribution in [2.45, 2.75) is 19.0 Å². The van der Waals surface area contributed by atoms with E-state index in [1.807, 2.05) is 24.3 Å². The molecule has 0 saturated carbocycles. The summed E-state index contributed by atoms with van der Waals surface area (Å²) < 4.78 is 23.3. The topological polar surface area (TPSA) is 38.8 Å². The van der Waals surface area contributed by atoms with Crippen LogP contribution < -0.4 is 4.74 Å². The molecule has 1 aliphatic heterocycles. The van der Waals surface area contributed by atoms with Gasteiger partial charge in [0.1, 0.15) is 18.2 Å². The van der Waals surface area contributed by atoms with Gasteiger partial charge >= 0.3 is 6.09 Å². The smallest absolute Gasteiger partial charge is 0.410 e. The van der Waals surface area contributed by atoms with Crippen molar-refractivity contribution in [2.75, 3.05) is 13.7 Å². The van der Waals surface area contributed by atoms with Crippen LogP contribution in [0.1, 0.15) is 11.1 Å². The van der Waals surface area contributed by atoms with Crippen molar-refractivity contribution in [1.82, 2.24) is 4.90 Å². The number of methoxy groups -OCH3 is 1. The number of ether oxygens (including phenoxy) is 2. The quantitative estimate of drug-likeness (QED) is 0.849. The lowest BCUT2D eigenvalue weighted by molar-refractivity contribution is 0.156. The summed E-state index contributed by atoms with van der Waals surface area (Å²) in [7, 11) is 1.63. The number of benzene rings is 2. The molecule has 0 N–H and O–H groups in total. The second-order valence-electron chi connectivity index (χ2n) is 5.54. The van der Waals surface area contributed by atoms with Gasteiger partial charge in [-0.25, -0.2) is 9.18 Å². The highest BCUT2D eigenvalue weighted by Gasteiger charge is 2.32. The third kappa shape index (κ3) is 3.62. The van der Waals surface area contributed by atoms with Gasteiger partial charge in [0.15, 0.2) is 0 Å². The van der Waals surface area contributed by atoms with E-state index in [1.165, 1.54) is 12.1 Å². The van der Waals surface area contributed by atoms with Crippen LogP contribution in [0, 0.1) is 5.82 Å². The van der Waals surface area contributed by atoms with Crippen molar-refractivity contribution < 1.29 is 18.7 Å². The molecule has 1 heterocycles. The average Bonchev–Trinajstić information content (AvgIpc) is 2.91. The highest BCUT2D eigenvalue weighted by Crippen LogP contribution is 2.21. The molecule has 1 aliphatic rings. The van der Waals surface area contributed by atoms with Gasteiger partial charge in [-0.15, -0.1) is 0 Å². The minimum atomic E-state index is -0.326. The van der Waals surface area contributed by atoms with Gasteiger partial charge in [-0.05, 0) is 41.8 Å². The lowest BCUT2D eigenvalue weighted by atomic mass is 10.1. The summed E-state index contributed by atoms with van der Waals surface area (Å²) in [6, 6.07) is 13.9. The van der Waals surface area contributed by atoms with Crippen LogP contribution in [0.4, 0.5) is 9.18 Å². The normalized spacial score (nSPS) is 17.2. The zero-order chi connectivity index (χ0) is 16.2. The van der Waals surface area contributed by atoms with Gasteiger partial charge < -0.3 is 9.47 Å². The molecule has 4 nitrogen and oxygen atoms in total. The summed E-state index contributed by atoms with van der Waals surface area (Å²) in [6.07, 6.45) is 0.379. The maximum atomic E-state index is 13.0. The molecular formula is C18H18FNO3. The Morgan fingerprint density at radius 2 is 1.78 bits per heavy atom. The molecule has 2 aromatic rings. The molecule has 1 unspecified atom stereocenters. The van der Waals surface area contributed by atoms with Crippen LogP contribution >= 0.6 is 0 Å². The number of halogens is 1. The summed E-state index contributed by atoms with van der Waals surface area (Å²) in [6.45, 7) is 0.784. The average molecular weight is 315 g/mol. The van der Waals surface area contributed by atoms with Gasteiger partial charge in [0.2, 0.25) is 0 Å². The molecule has 23 heavy (non-hydrogen) atoms. The van der Waals surface area contributed by atoms with Crippen LogP contribution in [0.15, 0.2) is 48.5 Å². The Kier molecular flexibility index (Phi) is 4.46. The van der Waals surface area contributed by atoms with Crippen LogP contribution in [-0.4, -0.2) is 30.8 Å². The second-order valence-corrected chi connectivity index (χ2v) is 5.54. The molecule has 2 aromatic carbocycles. The number of hydrogen-bond acceptors (Lipinski definition) is 3. The summed E-state index contributed by atoms with van der Waals surface area (Å²) >= 11 is 0. The summed E-state index contributed by atoms with van der Waals surface area (Å²) in [4.78, 5) is 13.6. The van der Waals surface area contributed by atoms with E-state index < -0.39 is 0 Å². The molecule has 0 aliphatic carbocycles. The maximum absolute atomic E-state index is 13.0. The first-order valence-electron chi connectivity index (χ1n) is 7.46. The largest absolute Gasteiger partial charge is 0.497 e. The molecule has 1 fully saturated rings. The van der Waals surface area contributed by atoms with Crippen molar-refractivity contribution in [3.63, 3.8) is 0 Å². The van der Waals surface area contributed by atoms with Gasteiger partial charge in [-0.3, -0.25) is 4.90 Å². The van der Waals surface area contributed by atoms with E-state index in [4.69, 9.17) is 9.47 Å². The van der Waals surface area contributed by atoms with Gasteiger partial charge in [-0.1, -0.05) is 24.3 Å². The van der Waals surface area contributed by atoms with Gasteiger partial charge in [0.25, 0.3) is 0 Å². The minimum absolute atomic E-state index is 0.0269. The Labute approximate surface area is 134 Å². The molecule has 1 saturated heterocycles. The van der Waals surface area contributed by atoms with E-state index in [0.29, 0.717) is 19.6 Å². The molecule has 120 valence electrons. The maximum Gasteiger partial charge on any atom is 0.410 e. The Balaban J connectivity index is 1.69. The Hall–Kier alpha value is -2.56.